The van der Waals surface area contributed by atoms with Crippen molar-refractivity contribution in [3.8, 4) is 0 Å². The minimum Gasteiger partial charge on any atom is -0.393 e. The lowest BCUT2D eigenvalue weighted by atomic mass is 9.60. The standard InChI is InChI=1S/C29H43NO3S/c1-18(7-5-9-26(32)28-30-19(2)17-34-28)24-12-13-25-21(8-6-14-29(24,25)4)10-11-22-15-23(31)16-27(33)20(22)3/h10-11,17-18,23-27,31-33H,3,5-9,12-16H2,1-2,4H3/b21-10+,22-11-/t18-,23+,24+,25-,26-,27-,29+/m0/s1. The van der Waals surface area contributed by atoms with E-state index in [9.17, 15) is 15.3 Å². The first-order valence-corrected chi connectivity index (χ1v) is 14.1. The first-order valence-electron chi connectivity index (χ1n) is 13.2. The highest BCUT2D eigenvalue weighted by Crippen LogP contribution is 2.60. The Labute approximate surface area is 209 Å². The summed E-state index contributed by atoms with van der Waals surface area (Å²) in [6, 6.07) is 0. The highest BCUT2D eigenvalue weighted by atomic mass is 32.1. The van der Waals surface area contributed by atoms with Crippen molar-refractivity contribution in [2.45, 2.75) is 103 Å². The van der Waals surface area contributed by atoms with Gasteiger partial charge in [-0.15, -0.1) is 11.3 Å². The second kappa shape index (κ2) is 10.8. The predicted octanol–water partition coefficient (Wildman–Crippen LogP) is 6.43. The lowest BCUT2D eigenvalue weighted by Crippen LogP contribution is -2.36. The number of nitrogens with zero attached hydrogens (tertiary/aromatic N) is 1. The quantitative estimate of drug-likeness (QED) is 0.416. The van der Waals surface area contributed by atoms with Gasteiger partial charge >= 0.3 is 0 Å². The molecule has 4 rings (SSSR count). The molecule has 0 aromatic carbocycles. The van der Waals surface area contributed by atoms with E-state index in [1.165, 1.54) is 25.7 Å². The molecule has 0 bridgehead atoms. The number of hydrogen-bond donors (Lipinski definition) is 3. The summed E-state index contributed by atoms with van der Waals surface area (Å²) in [5.41, 5.74) is 4.66. The van der Waals surface area contributed by atoms with Gasteiger partial charge in [0, 0.05) is 17.5 Å². The van der Waals surface area contributed by atoms with Crippen molar-refractivity contribution in [3.63, 3.8) is 0 Å². The molecular formula is C29H43NO3S. The van der Waals surface area contributed by atoms with Crippen LogP contribution in [0.5, 0.6) is 0 Å². The Kier molecular flexibility index (Phi) is 8.18. The summed E-state index contributed by atoms with van der Waals surface area (Å²) in [5, 5.41) is 33.6. The van der Waals surface area contributed by atoms with E-state index in [2.05, 4.69) is 37.6 Å². The van der Waals surface area contributed by atoms with Gasteiger partial charge in [0.05, 0.1) is 12.2 Å². The molecule has 0 radical (unpaired) electrons. The van der Waals surface area contributed by atoms with E-state index in [1.807, 2.05) is 12.3 Å². The second-order valence-electron chi connectivity index (χ2n) is 11.4. The van der Waals surface area contributed by atoms with Gasteiger partial charge in [-0.25, -0.2) is 4.98 Å². The van der Waals surface area contributed by atoms with Crippen molar-refractivity contribution in [2.24, 2.45) is 23.2 Å². The van der Waals surface area contributed by atoms with Gasteiger partial charge in [-0.05, 0) is 86.2 Å². The molecule has 0 saturated heterocycles. The first-order chi connectivity index (χ1) is 16.2. The Morgan fingerprint density at radius 1 is 1.26 bits per heavy atom. The van der Waals surface area contributed by atoms with Gasteiger partial charge in [0.25, 0.3) is 0 Å². The number of aliphatic hydroxyl groups excluding tert-OH is 3. The van der Waals surface area contributed by atoms with Crippen molar-refractivity contribution in [1.82, 2.24) is 4.98 Å². The number of thiazole rings is 1. The van der Waals surface area contributed by atoms with E-state index >= 15 is 0 Å². The van der Waals surface area contributed by atoms with Crippen molar-refractivity contribution in [2.75, 3.05) is 0 Å². The molecule has 0 amide bonds. The van der Waals surface area contributed by atoms with Crippen molar-refractivity contribution in [1.29, 1.82) is 0 Å². The highest BCUT2D eigenvalue weighted by Gasteiger charge is 2.50. The molecule has 0 aliphatic heterocycles. The van der Waals surface area contributed by atoms with Crippen molar-refractivity contribution < 1.29 is 15.3 Å². The number of aliphatic hydroxyl groups is 3. The topological polar surface area (TPSA) is 73.6 Å². The summed E-state index contributed by atoms with van der Waals surface area (Å²) in [4.78, 5) is 4.45. The van der Waals surface area contributed by atoms with Crippen LogP contribution < -0.4 is 0 Å². The minimum atomic E-state index is -0.625. The van der Waals surface area contributed by atoms with E-state index < -0.39 is 18.3 Å². The van der Waals surface area contributed by atoms with Crippen LogP contribution in [0.1, 0.15) is 94.9 Å². The second-order valence-corrected chi connectivity index (χ2v) is 12.3. The molecule has 3 fully saturated rings. The molecular weight excluding hydrogens is 442 g/mol. The zero-order valence-corrected chi connectivity index (χ0v) is 22.0. The van der Waals surface area contributed by atoms with Crippen LogP contribution in [0.25, 0.3) is 0 Å². The molecule has 3 aliphatic rings. The van der Waals surface area contributed by atoms with Crippen LogP contribution in [0.15, 0.2) is 40.8 Å². The van der Waals surface area contributed by atoms with Crippen molar-refractivity contribution in [3.05, 3.63) is 51.5 Å². The Bertz CT molecular complexity index is 934. The van der Waals surface area contributed by atoms with Gasteiger partial charge < -0.3 is 15.3 Å². The smallest absolute Gasteiger partial charge is 0.121 e. The highest BCUT2D eigenvalue weighted by molar-refractivity contribution is 7.09. The molecule has 7 atom stereocenters. The summed E-state index contributed by atoms with van der Waals surface area (Å²) < 4.78 is 0. The number of allylic oxidation sites excluding steroid dienone is 3. The zero-order chi connectivity index (χ0) is 24.5. The Morgan fingerprint density at radius 2 is 2.06 bits per heavy atom. The van der Waals surface area contributed by atoms with Gasteiger partial charge in [-0.3, -0.25) is 0 Å². The SMILES string of the molecule is C=C1/C(=C\C=C2/CCC[C@]3(C)[C@@H]([C@@H](C)CCC[C@H](O)c4nc(C)cs4)CC[C@@H]23)C[C@@H](O)C[C@@H]1O. The maximum absolute atomic E-state index is 10.5. The fourth-order valence-electron chi connectivity index (χ4n) is 7.16. The lowest BCUT2D eigenvalue weighted by Gasteiger charge is -2.44. The van der Waals surface area contributed by atoms with E-state index in [0.29, 0.717) is 30.1 Å². The summed E-state index contributed by atoms with van der Waals surface area (Å²) in [6.45, 7) is 11.0. The molecule has 34 heavy (non-hydrogen) atoms. The average Bonchev–Trinajstić information content (AvgIpc) is 3.38. The molecule has 1 heterocycles. The molecule has 3 saturated carbocycles. The van der Waals surface area contributed by atoms with Gasteiger partial charge in [0.15, 0.2) is 0 Å². The molecule has 188 valence electrons. The monoisotopic (exact) mass is 485 g/mol. The molecule has 4 nitrogen and oxygen atoms in total. The number of rotatable bonds is 7. The van der Waals surface area contributed by atoms with Gasteiger partial charge in [-0.1, -0.05) is 51.0 Å². The fourth-order valence-corrected chi connectivity index (χ4v) is 7.98. The molecule has 0 unspecified atom stereocenters. The molecule has 1 aromatic rings. The molecule has 1 aromatic heterocycles. The third-order valence-corrected chi connectivity index (χ3v) is 10.1. The van der Waals surface area contributed by atoms with Crippen LogP contribution in [0, 0.1) is 30.1 Å². The van der Waals surface area contributed by atoms with Crippen molar-refractivity contribution >= 4 is 11.3 Å². The minimum absolute atomic E-state index is 0.343. The molecule has 3 aliphatic carbocycles. The summed E-state index contributed by atoms with van der Waals surface area (Å²) in [7, 11) is 0. The normalized spacial score (nSPS) is 36.1. The predicted molar refractivity (Wildman–Crippen MR) is 140 cm³/mol. The summed E-state index contributed by atoms with van der Waals surface area (Å²) in [5.74, 6) is 2.00. The molecule has 3 N–H and O–H groups in total. The van der Waals surface area contributed by atoms with Crippen LogP contribution in [-0.4, -0.2) is 32.5 Å². The zero-order valence-electron chi connectivity index (χ0n) is 21.2. The van der Waals surface area contributed by atoms with Gasteiger partial charge in [0.2, 0.25) is 0 Å². The fraction of sp³-hybridized carbons (Fsp3) is 0.690. The third-order valence-electron chi connectivity index (χ3n) is 9.05. The number of aromatic nitrogens is 1. The van der Waals surface area contributed by atoms with E-state index in [4.69, 9.17) is 0 Å². The molecule has 0 spiro atoms. The number of hydrogen-bond acceptors (Lipinski definition) is 5. The van der Waals surface area contributed by atoms with E-state index in [0.717, 1.165) is 53.4 Å². The maximum atomic E-state index is 10.5. The summed E-state index contributed by atoms with van der Waals surface area (Å²) >= 11 is 1.57. The Balaban J connectivity index is 1.38. The van der Waals surface area contributed by atoms with Crippen LogP contribution in [-0.2, 0) is 0 Å². The van der Waals surface area contributed by atoms with Gasteiger partial charge in [0.1, 0.15) is 11.1 Å². The summed E-state index contributed by atoms with van der Waals surface area (Å²) in [6.07, 6.45) is 13.1. The largest absolute Gasteiger partial charge is 0.393 e. The number of fused-ring (bicyclic) bond motifs is 1. The van der Waals surface area contributed by atoms with Crippen LogP contribution >= 0.6 is 11.3 Å². The van der Waals surface area contributed by atoms with Crippen LogP contribution in [0.4, 0.5) is 0 Å². The number of aryl methyl sites for hydroxylation is 1. The first kappa shape index (κ1) is 25.8. The van der Waals surface area contributed by atoms with E-state index in [-0.39, 0.29) is 0 Å². The third kappa shape index (κ3) is 5.43. The maximum Gasteiger partial charge on any atom is 0.121 e. The van der Waals surface area contributed by atoms with E-state index in [1.54, 1.807) is 16.9 Å². The lowest BCUT2D eigenvalue weighted by molar-refractivity contribution is 0.0860. The van der Waals surface area contributed by atoms with Crippen LogP contribution in [0.3, 0.4) is 0 Å². The average molecular weight is 486 g/mol. The van der Waals surface area contributed by atoms with Gasteiger partial charge in [-0.2, -0.15) is 0 Å². The van der Waals surface area contributed by atoms with Crippen LogP contribution in [0.2, 0.25) is 0 Å². The Morgan fingerprint density at radius 3 is 2.79 bits per heavy atom. The molecule has 5 heteroatoms. The Hall–Kier alpha value is -1.27.